The molecule has 5 heteroatoms. The maximum Gasteiger partial charge on any atom is 0.239 e. The molecule has 1 aliphatic carbocycles. The van der Waals surface area contributed by atoms with E-state index in [1.165, 1.54) is 0 Å². The van der Waals surface area contributed by atoms with E-state index in [0.717, 1.165) is 18.5 Å². The first kappa shape index (κ1) is 14.8. The summed E-state index contributed by atoms with van der Waals surface area (Å²) in [6.07, 6.45) is 1.46. The summed E-state index contributed by atoms with van der Waals surface area (Å²) >= 11 is 5.13. The molecule has 1 fully saturated rings. The quantitative estimate of drug-likeness (QED) is 0.866. The zero-order valence-electron chi connectivity index (χ0n) is 12.1. The molecule has 1 aromatic rings. The van der Waals surface area contributed by atoms with Crippen molar-refractivity contribution in [3.8, 4) is 5.75 Å². The first-order valence-electron chi connectivity index (χ1n) is 6.63. The van der Waals surface area contributed by atoms with Gasteiger partial charge >= 0.3 is 0 Å². The monoisotopic (exact) mass is 292 g/mol. The van der Waals surface area contributed by atoms with E-state index < -0.39 is 5.41 Å². The molecule has 1 saturated carbocycles. The van der Waals surface area contributed by atoms with Crippen LogP contribution in [-0.2, 0) is 4.79 Å². The molecule has 0 aromatic heterocycles. The van der Waals surface area contributed by atoms with Gasteiger partial charge in [-0.25, -0.2) is 0 Å². The number of hydrogen-bond acceptors (Lipinski definition) is 3. The summed E-state index contributed by atoms with van der Waals surface area (Å²) in [6.45, 7) is 2.11. The molecule has 108 valence electrons. The highest BCUT2D eigenvalue weighted by atomic mass is 32.1. The lowest BCUT2D eigenvalue weighted by Gasteiger charge is -2.45. The van der Waals surface area contributed by atoms with Gasteiger partial charge in [0.05, 0.1) is 17.5 Å². The van der Waals surface area contributed by atoms with Crippen molar-refractivity contribution in [3.63, 3.8) is 0 Å². The topological polar surface area (TPSA) is 55.6 Å². The molecule has 2 rings (SSSR count). The Morgan fingerprint density at radius 3 is 2.65 bits per heavy atom. The Morgan fingerprint density at radius 1 is 1.50 bits per heavy atom. The molecule has 0 heterocycles. The van der Waals surface area contributed by atoms with Crippen LogP contribution in [0.1, 0.15) is 19.8 Å². The fourth-order valence-corrected chi connectivity index (χ4v) is 3.12. The second-order valence-corrected chi connectivity index (χ2v) is 5.97. The maximum absolute atomic E-state index is 12.8. The Kier molecular flexibility index (Phi) is 3.99. The van der Waals surface area contributed by atoms with E-state index in [-0.39, 0.29) is 5.91 Å². The summed E-state index contributed by atoms with van der Waals surface area (Å²) in [5, 5.41) is 0. The standard InChI is InChI=1S/C15H20N2O2S/c1-10-8-15(9-10,13(16)20)14(18)17(2)11-5-4-6-12(7-11)19-3/h4-7,10H,8-9H2,1-3H3,(H2,16,20). The normalized spacial score (nSPS) is 24.6. The minimum absolute atomic E-state index is 0.0312. The van der Waals surface area contributed by atoms with Crippen molar-refractivity contribution in [2.24, 2.45) is 17.1 Å². The van der Waals surface area contributed by atoms with Crippen molar-refractivity contribution in [2.75, 3.05) is 19.1 Å². The maximum atomic E-state index is 12.8. The Hall–Kier alpha value is -1.62. The molecular weight excluding hydrogens is 272 g/mol. The highest BCUT2D eigenvalue weighted by Crippen LogP contribution is 2.47. The van der Waals surface area contributed by atoms with Crippen LogP contribution in [-0.4, -0.2) is 25.1 Å². The van der Waals surface area contributed by atoms with Crippen LogP contribution in [0.3, 0.4) is 0 Å². The Balaban J connectivity index is 2.25. The van der Waals surface area contributed by atoms with E-state index in [0.29, 0.717) is 16.7 Å². The van der Waals surface area contributed by atoms with Crippen LogP contribution in [0, 0.1) is 11.3 Å². The van der Waals surface area contributed by atoms with E-state index >= 15 is 0 Å². The van der Waals surface area contributed by atoms with Gasteiger partial charge in [0, 0.05) is 18.8 Å². The third-order valence-corrected chi connectivity index (χ3v) is 4.41. The molecular formula is C15H20N2O2S. The lowest BCUT2D eigenvalue weighted by atomic mass is 9.61. The third-order valence-electron chi connectivity index (χ3n) is 4.02. The molecule has 1 amide bonds. The Labute approximate surface area is 124 Å². The summed E-state index contributed by atoms with van der Waals surface area (Å²) in [4.78, 5) is 14.7. The highest BCUT2D eigenvalue weighted by molar-refractivity contribution is 7.80. The molecule has 4 nitrogen and oxygen atoms in total. The van der Waals surface area contributed by atoms with E-state index in [4.69, 9.17) is 22.7 Å². The van der Waals surface area contributed by atoms with Gasteiger partial charge in [-0.15, -0.1) is 0 Å². The van der Waals surface area contributed by atoms with Gasteiger partial charge in [-0.3, -0.25) is 4.79 Å². The third kappa shape index (κ3) is 2.38. The fraction of sp³-hybridized carbons (Fsp3) is 0.467. The molecule has 0 spiro atoms. The van der Waals surface area contributed by atoms with Crippen LogP contribution in [0.5, 0.6) is 5.75 Å². The second-order valence-electron chi connectivity index (χ2n) is 5.53. The van der Waals surface area contributed by atoms with Gasteiger partial charge in [0.1, 0.15) is 5.75 Å². The average molecular weight is 292 g/mol. The number of carbonyl (C=O) groups excluding carboxylic acids is 1. The number of methoxy groups -OCH3 is 1. The number of rotatable bonds is 4. The van der Waals surface area contributed by atoms with Crippen molar-refractivity contribution in [3.05, 3.63) is 24.3 Å². The molecule has 1 aromatic carbocycles. The molecule has 0 unspecified atom stereocenters. The van der Waals surface area contributed by atoms with E-state index in [9.17, 15) is 4.79 Å². The van der Waals surface area contributed by atoms with Gasteiger partial charge in [0.15, 0.2) is 0 Å². The zero-order chi connectivity index (χ0) is 14.9. The van der Waals surface area contributed by atoms with Crippen molar-refractivity contribution in [1.29, 1.82) is 0 Å². The minimum Gasteiger partial charge on any atom is -0.497 e. The molecule has 2 N–H and O–H groups in total. The number of nitrogens with two attached hydrogens (primary N) is 1. The second kappa shape index (κ2) is 5.40. The van der Waals surface area contributed by atoms with Crippen molar-refractivity contribution in [1.82, 2.24) is 0 Å². The van der Waals surface area contributed by atoms with Gasteiger partial charge < -0.3 is 15.4 Å². The van der Waals surface area contributed by atoms with Gasteiger partial charge in [0.2, 0.25) is 5.91 Å². The molecule has 0 atom stereocenters. The van der Waals surface area contributed by atoms with Crippen LogP contribution in [0.15, 0.2) is 24.3 Å². The number of amides is 1. The minimum atomic E-state index is -0.674. The Bertz CT molecular complexity index is 538. The predicted molar refractivity (Wildman–Crippen MR) is 84.0 cm³/mol. The highest BCUT2D eigenvalue weighted by Gasteiger charge is 2.52. The number of thiocarbonyl (C=S) groups is 1. The van der Waals surface area contributed by atoms with Crippen LogP contribution in [0.4, 0.5) is 5.69 Å². The number of anilines is 1. The molecule has 0 aliphatic heterocycles. The zero-order valence-corrected chi connectivity index (χ0v) is 12.9. The van der Waals surface area contributed by atoms with Gasteiger partial charge in [-0.2, -0.15) is 0 Å². The van der Waals surface area contributed by atoms with Crippen LogP contribution >= 0.6 is 12.2 Å². The summed E-state index contributed by atoms with van der Waals surface area (Å²) in [6, 6.07) is 7.40. The molecule has 0 radical (unpaired) electrons. The number of benzene rings is 1. The lowest BCUT2D eigenvalue weighted by Crippen LogP contribution is -2.56. The summed E-state index contributed by atoms with van der Waals surface area (Å²) in [7, 11) is 3.35. The van der Waals surface area contributed by atoms with Crippen LogP contribution in [0.2, 0.25) is 0 Å². The van der Waals surface area contributed by atoms with E-state index in [2.05, 4.69) is 6.92 Å². The lowest BCUT2D eigenvalue weighted by molar-refractivity contribution is -0.129. The van der Waals surface area contributed by atoms with E-state index in [1.807, 2.05) is 24.3 Å². The number of ether oxygens (including phenoxy) is 1. The smallest absolute Gasteiger partial charge is 0.239 e. The summed E-state index contributed by atoms with van der Waals surface area (Å²) in [5.41, 5.74) is 5.93. The predicted octanol–water partition coefficient (Wildman–Crippen LogP) is 2.36. The summed E-state index contributed by atoms with van der Waals surface area (Å²) < 4.78 is 5.19. The van der Waals surface area contributed by atoms with Crippen molar-refractivity contribution < 1.29 is 9.53 Å². The number of carbonyl (C=O) groups is 1. The van der Waals surface area contributed by atoms with Gasteiger partial charge in [-0.05, 0) is 30.9 Å². The number of hydrogen-bond donors (Lipinski definition) is 1. The number of nitrogens with zero attached hydrogens (tertiary/aromatic N) is 1. The van der Waals surface area contributed by atoms with Crippen LogP contribution < -0.4 is 15.4 Å². The Morgan fingerprint density at radius 2 is 2.15 bits per heavy atom. The SMILES string of the molecule is COc1cccc(N(C)C(=O)C2(C(N)=S)CC(C)C2)c1. The average Bonchev–Trinajstić information content (AvgIpc) is 2.41. The first-order valence-corrected chi connectivity index (χ1v) is 7.03. The molecule has 0 bridgehead atoms. The van der Waals surface area contributed by atoms with Gasteiger partial charge in [0.25, 0.3) is 0 Å². The van der Waals surface area contributed by atoms with Crippen molar-refractivity contribution in [2.45, 2.75) is 19.8 Å². The fourth-order valence-electron chi connectivity index (χ4n) is 2.87. The molecule has 1 aliphatic rings. The molecule has 20 heavy (non-hydrogen) atoms. The van der Waals surface area contributed by atoms with Crippen molar-refractivity contribution >= 4 is 28.8 Å². The first-order chi connectivity index (χ1) is 9.40. The molecule has 0 saturated heterocycles. The van der Waals surface area contributed by atoms with Crippen LogP contribution in [0.25, 0.3) is 0 Å². The van der Waals surface area contributed by atoms with Gasteiger partial charge in [-0.1, -0.05) is 25.2 Å². The largest absolute Gasteiger partial charge is 0.497 e. The van der Waals surface area contributed by atoms with E-state index in [1.54, 1.807) is 19.1 Å². The summed E-state index contributed by atoms with van der Waals surface area (Å²) in [5.74, 6) is 1.17.